The number of carbonyl (C=O) groups is 2. The average molecular weight is 358 g/mol. The molecular formula is C21H30N2O3. The first-order chi connectivity index (χ1) is 12.3. The summed E-state index contributed by atoms with van der Waals surface area (Å²) in [6.45, 7) is 8.95. The van der Waals surface area contributed by atoms with Crippen LogP contribution >= 0.6 is 0 Å². The Bertz CT molecular complexity index is 645. The van der Waals surface area contributed by atoms with Gasteiger partial charge in [0.25, 0.3) is 0 Å². The zero-order valence-corrected chi connectivity index (χ0v) is 16.3. The molecule has 2 aliphatic heterocycles. The first-order valence-electron chi connectivity index (χ1n) is 9.62. The lowest BCUT2D eigenvalue weighted by molar-refractivity contribution is -0.206. The first kappa shape index (κ1) is 18.9. The van der Waals surface area contributed by atoms with Crippen LogP contribution in [0.1, 0.15) is 58.6 Å². The summed E-state index contributed by atoms with van der Waals surface area (Å²) in [5.74, 6) is 0.116. The molecule has 3 rings (SSSR count). The molecule has 5 nitrogen and oxygen atoms in total. The van der Waals surface area contributed by atoms with Gasteiger partial charge in [-0.15, -0.1) is 5.06 Å². The van der Waals surface area contributed by atoms with E-state index in [0.717, 1.165) is 19.3 Å². The van der Waals surface area contributed by atoms with Crippen molar-refractivity contribution in [3.05, 3.63) is 35.9 Å². The van der Waals surface area contributed by atoms with E-state index >= 15 is 0 Å². The van der Waals surface area contributed by atoms with Crippen molar-refractivity contribution in [3.63, 3.8) is 0 Å². The molecule has 0 aromatic heterocycles. The summed E-state index contributed by atoms with van der Waals surface area (Å²) >= 11 is 0. The van der Waals surface area contributed by atoms with E-state index < -0.39 is 5.41 Å². The Morgan fingerprint density at radius 1 is 1.12 bits per heavy atom. The monoisotopic (exact) mass is 358 g/mol. The molecule has 2 atom stereocenters. The van der Waals surface area contributed by atoms with Gasteiger partial charge in [-0.3, -0.25) is 4.79 Å². The fraction of sp³-hybridized carbons (Fsp3) is 0.619. The molecule has 1 aromatic carbocycles. The van der Waals surface area contributed by atoms with Crippen molar-refractivity contribution < 1.29 is 14.4 Å². The predicted octanol–water partition coefficient (Wildman–Crippen LogP) is 3.56. The fourth-order valence-electron chi connectivity index (χ4n) is 3.83. The lowest BCUT2D eigenvalue weighted by Crippen LogP contribution is -2.47. The van der Waals surface area contributed by atoms with Crippen molar-refractivity contribution in [2.45, 2.75) is 59.0 Å². The number of benzene rings is 1. The smallest absolute Gasteiger partial charge is 0.330 e. The molecule has 0 bridgehead atoms. The normalized spacial score (nSPS) is 25.5. The Morgan fingerprint density at radius 2 is 1.73 bits per heavy atom. The van der Waals surface area contributed by atoms with Gasteiger partial charge < -0.3 is 9.74 Å². The van der Waals surface area contributed by atoms with E-state index in [-0.39, 0.29) is 29.9 Å². The minimum atomic E-state index is -0.504. The Balaban J connectivity index is 1.65. The van der Waals surface area contributed by atoms with Gasteiger partial charge >= 0.3 is 5.97 Å². The van der Waals surface area contributed by atoms with Crippen LogP contribution in [0.3, 0.4) is 0 Å². The Hall–Kier alpha value is -1.88. The zero-order chi connectivity index (χ0) is 18.9. The summed E-state index contributed by atoms with van der Waals surface area (Å²) in [5.41, 5.74) is 0.710. The van der Waals surface area contributed by atoms with Gasteiger partial charge in [0, 0.05) is 25.0 Å². The molecule has 1 amide bonds. The standard InChI is InChI=1S/C21H30N2O3/c1-15-14-18(16-8-6-5-7-9-16)23(19(15)24)17-10-12-22(13-11-17)26-20(25)21(2,3)4/h5-9,15,17-18H,10-14H2,1-4H3. The molecule has 142 valence electrons. The average Bonchev–Trinajstić information content (AvgIpc) is 2.91. The summed E-state index contributed by atoms with van der Waals surface area (Å²) in [4.78, 5) is 32.5. The molecule has 0 N–H and O–H groups in total. The van der Waals surface area contributed by atoms with Gasteiger partial charge in [0.15, 0.2) is 0 Å². The summed E-state index contributed by atoms with van der Waals surface area (Å²) in [7, 11) is 0. The number of piperidine rings is 1. The van der Waals surface area contributed by atoms with E-state index in [4.69, 9.17) is 4.84 Å². The summed E-state index contributed by atoms with van der Waals surface area (Å²) in [6, 6.07) is 10.7. The second-order valence-corrected chi connectivity index (χ2v) is 8.60. The lowest BCUT2D eigenvalue weighted by Gasteiger charge is -2.39. The number of hydroxylamine groups is 2. The summed E-state index contributed by atoms with van der Waals surface area (Å²) in [5, 5.41) is 1.76. The van der Waals surface area contributed by atoms with Crippen LogP contribution in [0.25, 0.3) is 0 Å². The van der Waals surface area contributed by atoms with Crippen molar-refractivity contribution >= 4 is 11.9 Å². The van der Waals surface area contributed by atoms with Crippen LogP contribution in [0.15, 0.2) is 30.3 Å². The lowest BCUT2D eigenvalue weighted by atomic mass is 9.97. The van der Waals surface area contributed by atoms with E-state index in [1.54, 1.807) is 5.06 Å². The number of rotatable bonds is 3. The molecule has 0 saturated carbocycles. The molecular weight excluding hydrogens is 328 g/mol. The third kappa shape index (κ3) is 3.93. The fourth-order valence-corrected chi connectivity index (χ4v) is 3.83. The van der Waals surface area contributed by atoms with Gasteiger partial charge in [0.1, 0.15) is 0 Å². The summed E-state index contributed by atoms with van der Waals surface area (Å²) in [6.07, 6.45) is 2.54. The van der Waals surface area contributed by atoms with E-state index in [0.29, 0.717) is 13.1 Å². The minimum absolute atomic E-state index is 0.0666. The quantitative estimate of drug-likeness (QED) is 0.829. The van der Waals surface area contributed by atoms with Gasteiger partial charge in [-0.05, 0) is 45.6 Å². The maximum Gasteiger partial charge on any atom is 0.330 e. The Morgan fingerprint density at radius 3 is 2.31 bits per heavy atom. The highest BCUT2D eigenvalue weighted by molar-refractivity contribution is 5.81. The third-order valence-corrected chi connectivity index (χ3v) is 5.41. The highest BCUT2D eigenvalue weighted by atomic mass is 16.7. The molecule has 1 aromatic rings. The second kappa shape index (κ2) is 7.39. The van der Waals surface area contributed by atoms with Crippen LogP contribution in [-0.4, -0.2) is 41.0 Å². The van der Waals surface area contributed by atoms with Crippen molar-refractivity contribution in [1.29, 1.82) is 0 Å². The topological polar surface area (TPSA) is 49.9 Å². The predicted molar refractivity (Wildman–Crippen MR) is 100.0 cm³/mol. The van der Waals surface area contributed by atoms with Gasteiger partial charge in [0.05, 0.1) is 11.5 Å². The number of likely N-dealkylation sites (tertiary alicyclic amines) is 1. The highest BCUT2D eigenvalue weighted by Gasteiger charge is 2.42. The molecule has 2 aliphatic rings. The maximum absolute atomic E-state index is 12.8. The van der Waals surface area contributed by atoms with Gasteiger partial charge in [0.2, 0.25) is 5.91 Å². The van der Waals surface area contributed by atoms with E-state index in [1.807, 2.05) is 45.9 Å². The van der Waals surface area contributed by atoms with Crippen LogP contribution in [-0.2, 0) is 14.4 Å². The Labute approximate surface area is 156 Å². The molecule has 2 unspecified atom stereocenters. The van der Waals surface area contributed by atoms with Crippen molar-refractivity contribution in [2.75, 3.05) is 13.1 Å². The molecule has 2 heterocycles. The molecule has 0 radical (unpaired) electrons. The van der Waals surface area contributed by atoms with Crippen molar-refractivity contribution in [3.8, 4) is 0 Å². The molecule has 0 aliphatic carbocycles. The SMILES string of the molecule is CC1CC(c2ccccc2)N(C2CCN(OC(=O)C(C)(C)C)CC2)C1=O. The van der Waals surface area contributed by atoms with Crippen molar-refractivity contribution in [1.82, 2.24) is 9.96 Å². The van der Waals surface area contributed by atoms with Gasteiger partial charge in [-0.2, -0.15) is 0 Å². The zero-order valence-electron chi connectivity index (χ0n) is 16.3. The number of carbonyl (C=O) groups excluding carboxylic acids is 2. The van der Waals surface area contributed by atoms with E-state index in [9.17, 15) is 9.59 Å². The van der Waals surface area contributed by atoms with Crippen molar-refractivity contribution in [2.24, 2.45) is 11.3 Å². The highest BCUT2D eigenvalue weighted by Crippen LogP contribution is 2.39. The molecule has 0 spiro atoms. The van der Waals surface area contributed by atoms with Crippen LogP contribution in [0, 0.1) is 11.3 Å². The number of hydrogen-bond donors (Lipinski definition) is 0. The third-order valence-electron chi connectivity index (χ3n) is 5.41. The van der Waals surface area contributed by atoms with Gasteiger partial charge in [-0.1, -0.05) is 37.3 Å². The van der Waals surface area contributed by atoms with Crippen LogP contribution in [0.2, 0.25) is 0 Å². The maximum atomic E-state index is 12.8. The largest absolute Gasteiger partial charge is 0.367 e. The number of hydrogen-bond acceptors (Lipinski definition) is 4. The van der Waals surface area contributed by atoms with Crippen LogP contribution in [0.4, 0.5) is 0 Å². The van der Waals surface area contributed by atoms with E-state index in [1.165, 1.54) is 5.56 Å². The minimum Gasteiger partial charge on any atom is -0.367 e. The summed E-state index contributed by atoms with van der Waals surface area (Å²) < 4.78 is 0. The number of amides is 1. The first-order valence-corrected chi connectivity index (χ1v) is 9.62. The molecule has 2 saturated heterocycles. The van der Waals surface area contributed by atoms with E-state index in [2.05, 4.69) is 17.0 Å². The van der Waals surface area contributed by atoms with Crippen LogP contribution < -0.4 is 0 Å². The number of nitrogens with zero attached hydrogens (tertiary/aromatic N) is 2. The van der Waals surface area contributed by atoms with Crippen LogP contribution in [0.5, 0.6) is 0 Å². The molecule has 2 fully saturated rings. The molecule has 26 heavy (non-hydrogen) atoms. The van der Waals surface area contributed by atoms with Gasteiger partial charge in [-0.25, -0.2) is 4.79 Å². The molecule has 5 heteroatoms. The second-order valence-electron chi connectivity index (χ2n) is 8.60. The Kier molecular flexibility index (Phi) is 5.37.